The Kier molecular flexibility index (Phi) is 8.88. The lowest BCUT2D eigenvalue weighted by Crippen LogP contribution is -2.36. The summed E-state index contributed by atoms with van der Waals surface area (Å²) in [5.74, 6) is 1.27. The summed E-state index contributed by atoms with van der Waals surface area (Å²) >= 11 is 0. The van der Waals surface area contributed by atoms with E-state index in [1.54, 1.807) is 6.92 Å². The smallest absolute Gasteiger partial charge is 0.150 e. The molecule has 0 fully saturated rings. The number of hydrogen-bond donors (Lipinski definition) is 1. The van der Waals surface area contributed by atoms with Crippen molar-refractivity contribution in [1.29, 1.82) is 0 Å². The standard InChI is InChI=1S/C13H29NO2S/c1-5-12(6-2)13(14-7-3)10-9-11-17(15,16)8-4/h12-14H,5-11H2,1-4H3. The van der Waals surface area contributed by atoms with Crippen molar-refractivity contribution in [3.8, 4) is 0 Å². The van der Waals surface area contributed by atoms with Gasteiger partial charge in [-0.1, -0.05) is 40.5 Å². The molecule has 1 atom stereocenters. The molecule has 3 nitrogen and oxygen atoms in total. The molecule has 0 aliphatic rings. The van der Waals surface area contributed by atoms with Crippen LogP contribution < -0.4 is 5.32 Å². The SMILES string of the molecule is CCNC(CCCS(=O)(=O)CC)C(CC)CC. The van der Waals surface area contributed by atoms with Crippen LogP contribution in [0.2, 0.25) is 0 Å². The molecule has 17 heavy (non-hydrogen) atoms. The maximum atomic E-state index is 11.4. The summed E-state index contributed by atoms with van der Waals surface area (Å²) in [5, 5.41) is 3.49. The maximum Gasteiger partial charge on any atom is 0.150 e. The molecule has 0 rings (SSSR count). The van der Waals surface area contributed by atoms with Crippen LogP contribution in [0.25, 0.3) is 0 Å². The summed E-state index contributed by atoms with van der Waals surface area (Å²) in [6.45, 7) is 9.21. The highest BCUT2D eigenvalue weighted by Gasteiger charge is 2.18. The number of hydrogen-bond acceptors (Lipinski definition) is 3. The van der Waals surface area contributed by atoms with E-state index in [4.69, 9.17) is 0 Å². The molecule has 0 amide bonds. The van der Waals surface area contributed by atoms with Crippen LogP contribution in [0, 0.1) is 5.92 Å². The van der Waals surface area contributed by atoms with Gasteiger partial charge in [0.05, 0.1) is 5.75 Å². The molecule has 0 saturated heterocycles. The van der Waals surface area contributed by atoms with Crippen molar-refractivity contribution in [1.82, 2.24) is 5.32 Å². The summed E-state index contributed by atoms with van der Waals surface area (Å²) in [7, 11) is -2.80. The molecule has 0 aromatic heterocycles. The molecule has 4 heteroatoms. The first-order valence-corrected chi connectivity index (χ1v) is 8.76. The van der Waals surface area contributed by atoms with Gasteiger partial charge in [-0.2, -0.15) is 0 Å². The third-order valence-corrected chi connectivity index (χ3v) is 5.28. The minimum atomic E-state index is -2.80. The molecular formula is C13H29NO2S. The second-order valence-electron chi connectivity index (χ2n) is 4.62. The zero-order valence-corrected chi connectivity index (χ0v) is 12.6. The molecule has 0 aromatic rings. The van der Waals surface area contributed by atoms with Gasteiger partial charge in [-0.05, 0) is 25.3 Å². The summed E-state index contributed by atoms with van der Waals surface area (Å²) < 4.78 is 22.9. The molecule has 1 unspecified atom stereocenters. The van der Waals surface area contributed by atoms with Crippen molar-refractivity contribution in [2.24, 2.45) is 5.92 Å². The second-order valence-corrected chi connectivity index (χ2v) is 7.09. The molecule has 1 N–H and O–H groups in total. The Balaban J connectivity index is 4.17. The van der Waals surface area contributed by atoms with E-state index in [9.17, 15) is 8.42 Å². The molecule has 104 valence electrons. The van der Waals surface area contributed by atoms with Gasteiger partial charge >= 0.3 is 0 Å². The van der Waals surface area contributed by atoms with Crippen LogP contribution in [0.4, 0.5) is 0 Å². The molecular weight excluding hydrogens is 234 g/mol. The number of sulfone groups is 1. The summed E-state index contributed by atoms with van der Waals surface area (Å²) in [4.78, 5) is 0. The summed E-state index contributed by atoms with van der Waals surface area (Å²) in [6, 6.07) is 0.474. The minimum absolute atomic E-state index is 0.268. The molecule has 0 heterocycles. The van der Waals surface area contributed by atoms with Crippen LogP contribution in [0.3, 0.4) is 0 Å². The zero-order chi connectivity index (χ0) is 13.3. The Bertz CT molecular complexity index is 271. The Labute approximate surface area is 107 Å². The molecule has 0 bridgehead atoms. The number of nitrogens with one attached hydrogen (secondary N) is 1. The third-order valence-electron chi connectivity index (χ3n) is 3.49. The molecule has 0 radical (unpaired) electrons. The van der Waals surface area contributed by atoms with Crippen molar-refractivity contribution in [3.05, 3.63) is 0 Å². The summed E-state index contributed by atoms with van der Waals surface area (Å²) in [5.41, 5.74) is 0. The first-order valence-electron chi connectivity index (χ1n) is 6.94. The molecule has 0 aliphatic carbocycles. The fourth-order valence-corrected chi connectivity index (χ4v) is 3.19. The fraction of sp³-hybridized carbons (Fsp3) is 1.00. The van der Waals surface area contributed by atoms with Crippen LogP contribution >= 0.6 is 0 Å². The predicted molar refractivity (Wildman–Crippen MR) is 75.1 cm³/mol. The van der Waals surface area contributed by atoms with Gasteiger partial charge in [0, 0.05) is 11.8 Å². The van der Waals surface area contributed by atoms with E-state index < -0.39 is 9.84 Å². The van der Waals surface area contributed by atoms with Gasteiger partial charge in [0.15, 0.2) is 0 Å². The molecule has 0 spiro atoms. The van der Waals surface area contributed by atoms with Gasteiger partial charge in [-0.15, -0.1) is 0 Å². The highest BCUT2D eigenvalue weighted by atomic mass is 32.2. The lowest BCUT2D eigenvalue weighted by Gasteiger charge is -2.26. The molecule has 0 aliphatic heterocycles. The van der Waals surface area contributed by atoms with Crippen LogP contribution in [0.15, 0.2) is 0 Å². The van der Waals surface area contributed by atoms with Crippen molar-refractivity contribution in [2.75, 3.05) is 18.1 Å². The minimum Gasteiger partial charge on any atom is -0.314 e. The highest BCUT2D eigenvalue weighted by molar-refractivity contribution is 7.91. The van der Waals surface area contributed by atoms with Crippen LogP contribution in [0.1, 0.15) is 53.4 Å². The van der Waals surface area contributed by atoms with Gasteiger partial charge in [0.1, 0.15) is 9.84 Å². The average Bonchev–Trinajstić information content (AvgIpc) is 2.30. The van der Waals surface area contributed by atoms with E-state index in [0.29, 0.717) is 17.7 Å². The van der Waals surface area contributed by atoms with Gasteiger partial charge < -0.3 is 5.32 Å². The van der Waals surface area contributed by atoms with E-state index in [1.165, 1.54) is 0 Å². The highest BCUT2D eigenvalue weighted by Crippen LogP contribution is 2.17. The molecule has 0 saturated carbocycles. The average molecular weight is 263 g/mol. The van der Waals surface area contributed by atoms with Crippen molar-refractivity contribution >= 4 is 9.84 Å². The van der Waals surface area contributed by atoms with Crippen LogP contribution in [-0.4, -0.2) is 32.5 Å². The quantitative estimate of drug-likeness (QED) is 0.659. The predicted octanol–water partition coefficient (Wildman–Crippen LogP) is 2.62. The van der Waals surface area contributed by atoms with Crippen LogP contribution in [0.5, 0.6) is 0 Å². The van der Waals surface area contributed by atoms with E-state index in [2.05, 4.69) is 26.1 Å². The van der Waals surface area contributed by atoms with Gasteiger partial charge in [0.25, 0.3) is 0 Å². The van der Waals surface area contributed by atoms with Gasteiger partial charge in [0.2, 0.25) is 0 Å². The number of rotatable bonds is 10. The summed E-state index contributed by atoms with van der Waals surface area (Å²) in [6.07, 6.45) is 4.08. The second kappa shape index (κ2) is 8.92. The maximum absolute atomic E-state index is 11.4. The monoisotopic (exact) mass is 263 g/mol. The Morgan fingerprint density at radius 1 is 1.06 bits per heavy atom. The van der Waals surface area contributed by atoms with E-state index in [-0.39, 0.29) is 5.75 Å². The largest absolute Gasteiger partial charge is 0.314 e. The Hall–Kier alpha value is -0.0900. The van der Waals surface area contributed by atoms with Crippen molar-refractivity contribution in [3.63, 3.8) is 0 Å². The van der Waals surface area contributed by atoms with E-state index in [0.717, 1.165) is 32.2 Å². The Morgan fingerprint density at radius 2 is 1.65 bits per heavy atom. The fourth-order valence-electron chi connectivity index (χ4n) is 2.29. The van der Waals surface area contributed by atoms with Gasteiger partial charge in [-0.25, -0.2) is 8.42 Å². The van der Waals surface area contributed by atoms with E-state index in [1.807, 2.05) is 0 Å². The molecule has 0 aromatic carbocycles. The lowest BCUT2D eigenvalue weighted by atomic mass is 9.91. The van der Waals surface area contributed by atoms with Crippen LogP contribution in [-0.2, 0) is 9.84 Å². The Morgan fingerprint density at radius 3 is 2.06 bits per heavy atom. The van der Waals surface area contributed by atoms with E-state index >= 15 is 0 Å². The lowest BCUT2D eigenvalue weighted by molar-refractivity contribution is 0.320. The normalized spacial score (nSPS) is 14.2. The van der Waals surface area contributed by atoms with Gasteiger partial charge in [-0.3, -0.25) is 0 Å². The van der Waals surface area contributed by atoms with Crippen molar-refractivity contribution in [2.45, 2.75) is 59.4 Å². The first-order chi connectivity index (χ1) is 8.00. The first kappa shape index (κ1) is 16.9. The van der Waals surface area contributed by atoms with Crippen molar-refractivity contribution < 1.29 is 8.42 Å². The zero-order valence-electron chi connectivity index (χ0n) is 11.8. The topological polar surface area (TPSA) is 46.2 Å². The third kappa shape index (κ3) is 7.04.